The number of nitrogens with zero attached hydrogens (tertiary/aromatic N) is 3. The molecule has 1 aromatic rings. The molecule has 150 valence electrons. The van der Waals surface area contributed by atoms with E-state index in [0.717, 1.165) is 43.0 Å². The number of methoxy groups -OCH3 is 2. The SMILES string of the molecule is COc1ccc(OC)c(CC(=O)N2CCC(CN3CCN(C)CC3)CC2)c1. The summed E-state index contributed by atoms with van der Waals surface area (Å²) < 4.78 is 10.7. The lowest BCUT2D eigenvalue weighted by Gasteiger charge is -2.38. The van der Waals surface area contributed by atoms with Gasteiger partial charge in [-0.1, -0.05) is 0 Å². The highest BCUT2D eigenvalue weighted by atomic mass is 16.5. The minimum absolute atomic E-state index is 0.180. The van der Waals surface area contributed by atoms with Crippen LogP contribution in [0.3, 0.4) is 0 Å². The van der Waals surface area contributed by atoms with Crippen LogP contribution in [0.5, 0.6) is 11.5 Å². The van der Waals surface area contributed by atoms with Gasteiger partial charge in [-0.25, -0.2) is 0 Å². The van der Waals surface area contributed by atoms with Gasteiger partial charge >= 0.3 is 0 Å². The van der Waals surface area contributed by atoms with E-state index in [1.54, 1.807) is 14.2 Å². The molecule has 0 atom stereocenters. The van der Waals surface area contributed by atoms with Crippen molar-refractivity contribution in [3.8, 4) is 11.5 Å². The van der Waals surface area contributed by atoms with Gasteiger partial charge in [0.05, 0.1) is 20.6 Å². The highest BCUT2D eigenvalue weighted by molar-refractivity contribution is 5.79. The van der Waals surface area contributed by atoms with Gasteiger partial charge in [0.25, 0.3) is 0 Å². The molecule has 6 heteroatoms. The molecule has 0 radical (unpaired) electrons. The summed E-state index contributed by atoms with van der Waals surface area (Å²) in [6.45, 7) is 7.59. The molecule has 2 saturated heterocycles. The molecular weight excluding hydrogens is 342 g/mol. The van der Waals surface area contributed by atoms with Crippen molar-refractivity contribution in [2.75, 3.05) is 67.1 Å². The van der Waals surface area contributed by atoms with Crippen LogP contribution in [-0.2, 0) is 11.2 Å². The number of likely N-dealkylation sites (N-methyl/N-ethyl adjacent to an activating group) is 1. The Morgan fingerprint density at radius 1 is 1.04 bits per heavy atom. The van der Waals surface area contributed by atoms with Crippen molar-refractivity contribution in [3.63, 3.8) is 0 Å². The molecule has 27 heavy (non-hydrogen) atoms. The molecule has 2 heterocycles. The number of benzene rings is 1. The van der Waals surface area contributed by atoms with Crippen molar-refractivity contribution in [2.45, 2.75) is 19.3 Å². The molecule has 0 N–H and O–H groups in total. The molecule has 2 aliphatic rings. The van der Waals surface area contributed by atoms with Gasteiger partial charge in [-0.3, -0.25) is 4.79 Å². The van der Waals surface area contributed by atoms with E-state index in [0.29, 0.717) is 12.3 Å². The van der Waals surface area contributed by atoms with Crippen molar-refractivity contribution in [1.82, 2.24) is 14.7 Å². The van der Waals surface area contributed by atoms with Crippen LogP contribution in [0.15, 0.2) is 18.2 Å². The Hall–Kier alpha value is -1.79. The van der Waals surface area contributed by atoms with E-state index in [-0.39, 0.29) is 5.91 Å². The van der Waals surface area contributed by atoms with Gasteiger partial charge in [0.1, 0.15) is 11.5 Å². The molecule has 0 bridgehead atoms. The van der Waals surface area contributed by atoms with Gasteiger partial charge in [0.15, 0.2) is 0 Å². The number of amides is 1. The molecule has 0 unspecified atom stereocenters. The molecule has 2 aliphatic heterocycles. The maximum Gasteiger partial charge on any atom is 0.227 e. The molecule has 3 rings (SSSR count). The van der Waals surface area contributed by atoms with Crippen LogP contribution in [-0.4, -0.2) is 87.7 Å². The Balaban J connectivity index is 1.48. The smallest absolute Gasteiger partial charge is 0.227 e. The predicted octanol–water partition coefficient (Wildman–Crippen LogP) is 1.73. The molecule has 0 aliphatic carbocycles. The molecular formula is C21H33N3O3. The fraction of sp³-hybridized carbons (Fsp3) is 0.667. The summed E-state index contributed by atoms with van der Waals surface area (Å²) >= 11 is 0. The Labute approximate surface area is 163 Å². The Morgan fingerprint density at radius 2 is 1.74 bits per heavy atom. The van der Waals surface area contributed by atoms with Crippen LogP contribution in [0.2, 0.25) is 0 Å². The third kappa shape index (κ3) is 5.36. The second-order valence-corrected chi connectivity index (χ2v) is 7.78. The Kier molecular flexibility index (Phi) is 6.96. The average molecular weight is 376 g/mol. The number of carbonyl (C=O) groups excluding carboxylic acids is 1. The normalized spacial score (nSPS) is 19.9. The van der Waals surface area contributed by atoms with Gasteiger partial charge < -0.3 is 24.2 Å². The fourth-order valence-corrected chi connectivity index (χ4v) is 4.06. The number of hydrogen-bond acceptors (Lipinski definition) is 5. The van der Waals surface area contributed by atoms with Crippen molar-refractivity contribution in [2.24, 2.45) is 5.92 Å². The van der Waals surface area contributed by atoms with Crippen molar-refractivity contribution >= 4 is 5.91 Å². The second-order valence-electron chi connectivity index (χ2n) is 7.78. The summed E-state index contributed by atoms with van der Waals surface area (Å²) in [5, 5.41) is 0. The fourth-order valence-electron chi connectivity index (χ4n) is 4.06. The summed E-state index contributed by atoms with van der Waals surface area (Å²) in [5.74, 6) is 2.39. The topological polar surface area (TPSA) is 45.3 Å². The summed E-state index contributed by atoms with van der Waals surface area (Å²) in [4.78, 5) is 19.8. The maximum absolute atomic E-state index is 12.8. The Bertz CT molecular complexity index is 621. The number of ether oxygens (including phenoxy) is 2. The van der Waals surface area contributed by atoms with Crippen molar-refractivity contribution in [1.29, 1.82) is 0 Å². The lowest BCUT2D eigenvalue weighted by atomic mass is 9.95. The number of carbonyl (C=O) groups is 1. The van der Waals surface area contributed by atoms with Crippen LogP contribution >= 0.6 is 0 Å². The summed E-state index contributed by atoms with van der Waals surface area (Å²) in [6.07, 6.45) is 2.57. The number of likely N-dealkylation sites (tertiary alicyclic amines) is 1. The van der Waals surface area contributed by atoms with E-state index in [9.17, 15) is 4.79 Å². The standard InChI is InChI=1S/C21H33N3O3/c1-22-10-12-23(13-11-22)16-17-6-8-24(9-7-17)21(25)15-18-14-19(26-2)4-5-20(18)27-3/h4-5,14,17H,6-13,15-16H2,1-3H3. The van der Waals surface area contributed by atoms with Crippen LogP contribution < -0.4 is 9.47 Å². The largest absolute Gasteiger partial charge is 0.497 e. The molecule has 0 saturated carbocycles. The summed E-state index contributed by atoms with van der Waals surface area (Å²) in [7, 11) is 5.47. The van der Waals surface area contributed by atoms with Crippen LogP contribution in [0.4, 0.5) is 0 Å². The number of rotatable bonds is 6. The maximum atomic E-state index is 12.8. The zero-order chi connectivity index (χ0) is 19.2. The highest BCUT2D eigenvalue weighted by Gasteiger charge is 2.26. The number of piperazine rings is 1. The van der Waals surface area contributed by atoms with Gasteiger partial charge in [0, 0.05) is 51.4 Å². The molecule has 0 aromatic heterocycles. The molecule has 1 aromatic carbocycles. The van der Waals surface area contributed by atoms with E-state index in [2.05, 4.69) is 16.8 Å². The van der Waals surface area contributed by atoms with E-state index in [1.165, 1.54) is 32.7 Å². The Morgan fingerprint density at radius 3 is 2.37 bits per heavy atom. The van der Waals surface area contributed by atoms with Crippen LogP contribution in [0.25, 0.3) is 0 Å². The molecule has 6 nitrogen and oxygen atoms in total. The minimum atomic E-state index is 0.180. The second kappa shape index (κ2) is 9.42. The minimum Gasteiger partial charge on any atom is -0.497 e. The zero-order valence-electron chi connectivity index (χ0n) is 16.9. The van der Waals surface area contributed by atoms with E-state index in [1.807, 2.05) is 23.1 Å². The molecule has 0 spiro atoms. The summed E-state index contributed by atoms with van der Waals surface area (Å²) in [6, 6.07) is 5.62. The van der Waals surface area contributed by atoms with E-state index >= 15 is 0 Å². The third-order valence-electron chi connectivity index (χ3n) is 5.91. The zero-order valence-corrected chi connectivity index (χ0v) is 16.9. The lowest BCUT2D eigenvalue weighted by Crippen LogP contribution is -2.48. The number of piperidine rings is 1. The van der Waals surface area contributed by atoms with Crippen LogP contribution in [0.1, 0.15) is 18.4 Å². The van der Waals surface area contributed by atoms with Gasteiger partial charge in [-0.15, -0.1) is 0 Å². The average Bonchev–Trinajstić information content (AvgIpc) is 2.70. The third-order valence-corrected chi connectivity index (χ3v) is 5.91. The first-order valence-electron chi connectivity index (χ1n) is 9.98. The molecule has 1 amide bonds. The monoisotopic (exact) mass is 375 g/mol. The van der Waals surface area contributed by atoms with Crippen LogP contribution in [0, 0.1) is 5.92 Å². The highest BCUT2D eigenvalue weighted by Crippen LogP contribution is 2.26. The van der Waals surface area contributed by atoms with E-state index in [4.69, 9.17) is 9.47 Å². The predicted molar refractivity (Wildman–Crippen MR) is 106 cm³/mol. The first-order valence-corrected chi connectivity index (χ1v) is 9.98. The lowest BCUT2D eigenvalue weighted by molar-refractivity contribution is -0.132. The van der Waals surface area contributed by atoms with Crippen molar-refractivity contribution < 1.29 is 14.3 Å². The van der Waals surface area contributed by atoms with Crippen molar-refractivity contribution in [3.05, 3.63) is 23.8 Å². The summed E-state index contributed by atoms with van der Waals surface area (Å²) in [5.41, 5.74) is 0.890. The first kappa shape index (κ1) is 20.0. The number of hydrogen-bond donors (Lipinski definition) is 0. The molecule has 2 fully saturated rings. The van der Waals surface area contributed by atoms with Gasteiger partial charge in [0.2, 0.25) is 5.91 Å². The van der Waals surface area contributed by atoms with Gasteiger partial charge in [-0.05, 0) is 44.0 Å². The quantitative estimate of drug-likeness (QED) is 0.758. The van der Waals surface area contributed by atoms with E-state index < -0.39 is 0 Å². The van der Waals surface area contributed by atoms with Gasteiger partial charge in [-0.2, -0.15) is 0 Å². The first-order chi connectivity index (χ1) is 13.1.